The van der Waals surface area contributed by atoms with Gasteiger partial charge in [-0.25, -0.2) is 9.97 Å². The molecule has 0 radical (unpaired) electrons. The molecule has 0 aliphatic carbocycles. The van der Waals surface area contributed by atoms with E-state index in [-0.39, 0.29) is 11.3 Å². The van der Waals surface area contributed by atoms with E-state index in [4.69, 9.17) is 19.2 Å². The smallest absolute Gasteiger partial charge is 0.258 e. The fourth-order valence-corrected chi connectivity index (χ4v) is 5.67. The first-order valence-electron chi connectivity index (χ1n) is 12.4. The van der Waals surface area contributed by atoms with Crippen molar-refractivity contribution < 1.29 is 19.0 Å². The highest BCUT2D eigenvalue weighted by molar-refractivity contribution is 6.04. The summed E-state index contributed by atoms with van der Waals surface area (Å²) in [5.74, 6) is 2.09. The van der Waals surface area contributed by atoms with E-state index in [9.17, 15) is 4.79 Å². The van der Waals surface area contributed by atoms with Crippen molar-refractivity contribution in [2.45, 2.75) is 31.6 Å². The summed E-state index contributed by atoms with van der Waals surface area (Å²) in [6.07, 6.45) is 5.81. The molecule has 3 aliphatic heterocycles. The lowest BCUT2D eigenvalue weighted by Crippen LogP contribution is -2.28. The van der Waals surface area contributed by atoms with Crippen LogP contribution < -0.4 is 15.0 Å². The molecule has 9 nitrogen and oxygen atoms in total. The summed E-state index contributed by atoms with van der Waals surface area (Å²) in [6.45, 7) is 5.00. The van der Waals surface area contributed by atoms with Crippen molar-refractivity contribution in [1.29, 1.82) is 0 Å². The topological polar surface area (TPSA) is 102 Å². The molecular weight excluding hydrogens is 446 g/mol. The van der Waals surface area contributed by atoms with E-state index in [0.717, 1.165) is 87.6 Å². The van der Waals surface area contributed by atoms with Crippen LogP contribution in [0.3, 0.4) is 0 Å². The molecule has 0 saturated carbocycles. The maximum absolute atomic E-state index is 13.2. The van der Waals surface area contributed by atoms with Gasteiger partial charge in [-0.1, -0.05) is 6.07 Å². The number of H-pyrrole nitrogens is 1. The van der Waals surface area contributed by atoms with Crippen molar-refractivity contribution in [1.82, 2.24) is 15.0 Å². The van der Waals surface area contributed by atoms with Crippen LogP contribution in [0, 0.1) is 5.41 Å². The molecule has 3 saturated heterocycles. The molecule has 1 spiro atoms. The standard InChI is InChI=1S/C26H31N5O4/c1-33-20-3-2-19(17-5-11-34-12-6-17)22-23(20)29-25(28-22)30-24(32)18-4-9-27-21(14-18)31-10-7-26(15-31)8-13-35-16-26/h2-4,9,14,17H,5-8,10-13,15-16H2,1H3,(H2,28,29,30,32). The Morgan fingerprint density at radius 2 is 2.09 bits per heavy atom. The summed E-state index contributed by atoms with van der Waals surface area (Å²) in [5.41, 5.74) is 3.57. The molecule has 3 aliphatic rings. The molecule has 5 heterocycles. The lowest BCUT2D eigenvalue weighted by molar-refractivity contribution is 0.0856. The molecule has 2 aromatic heterocycles. The predicted octanol–water partition coefficient (Wildman–Crippen LogP) is 3.73. The number of imidazole rings is 1. The second-order valence-corrected chi connectivity index (χ2v) is 9.88. The van der Waals surface area contributed by atoms with Crippen LogP contribution >= 0.6 is 0 Å². The first kappa shape index (κ1) is 22.3. The van der Waals surface area contributed by atoms with E-state index in [1.165, 1.54) is 0 Å². The SMILES string of the molecule is COc1ccc(C2CCOCC2)c2nc(NC(=O)c3ccnc(N4CCC5(CCOC5)C4)c3)[nH]c12. The van der Waals surface area contributed by atoms with Gasteiger partial charge in [0.25, 0.3) is 5.91 Å². The van der Waals surface area contributed by atoms with E-state index in [0.29, 0.717) is 23.2 Å². The number of hydrogen-bond donors (Lipinski definition) is 2. The van der Waals surface area contributed by atoms with Crippen molar-refractivity contribution in [2.75, 3.05) is 56.8 Å². The van der Waals surface area contributed by atoms with E-state index < -0.39 is 0 Å². The monoisotopic (exact) mass is 477 g/mol. The summed E-state index contributed by atoms with van der Waals surface area (Å²) < 4.78 is 16.7. The number of pyridine rings is 1. The first-order chi connectivity index (χ1) is 17.1. The van der Waals surface area contributed by atoms with Gasteiger partial charge in [0, 0.05) is 50.1 Å². The Bertz CT molecular complexity index is 1230. The van der Waals surface area contributed by atoms with Crippen LogP contribution in [-0.2, 0) is 9.47 Å². The Balaban J connectivity index is 1.23. The minimum Gasteiger partial charge on any atom is -0.494 e. The number of carbonyl (C=O) groups excluding carboxylic acids is 1. The third kappa shape index (κ3) is 4.23. The number of nitrogens with zero attached hydrogens (tertiary/aromatic N) is 3. The lowest BCUT2D eigenvalue weighted by Gasteiger charge is -2.22. The number of benzene rings is 1. The Hall–Kier alpha value is -3.17. The van der Waals surface area contributed by atoms with Gasteiger partial charge >= 0.3 is 0 Å². The molecule has 35 heavy (non-hydrogen) atoms. The highest BCUT2D eigenvalue weighted by Gasteiger charge is 2.41. The first-order valence-corrected chi connectivity index (χ1v) is 12.4. The van der Waals surface area contributed by atoms with Crippen LogP contribution in [0.1, 0.15) is 47.5 Å². The Kier molecular flexibility index (Phi) is 5.82. The zero-order chi connectivity index (χ0) is 23.8. The Morgan fingerprint density at radius 1 is 1.20 bits per heavy atom. The predicted molar refractivity (Wildman–Crippen MR) is 132 cm³/mol. The molecule has 3 fully saturated rings. The van der Waals surface area contributed by atoms with Gasteiger partial charge in [-0.2, -0.15) is 0 Å². The van der Waals surface area contributed by atoms with Gasteiger partial charge in [0.2, 0.25) is 5.95 Å². The zero-order valence-electron chi connectivity index (χ0n) is 20.0. The van der Waals surface area contributed by atoms with E-state index in [2.05, 4.69) is 26.3 Å². The number of amides is 1. The number of methoxy groups -OCH3 is 1. The second-order valence-electron chi connectivity index (χ2n) is 9.88. The summed E-state index contributed by atoms with van der Waals surface area (Å²) >= 11 is 0. The number of fused-ring (bicyclic) bond motifs is 1. The number of ether oxygens (including phenoxy) is 3. The molecule has 1 atom stereocenters. The van der Waals surface area contributed by atoms with Gasteiger partial charge in [-0.15, -0.1) is 0 Å². The highest BCUT2D eigenvalue weighted by Crippen LogP contribution is 2.40. The molecular formula is C26H31N5O4. The van der Waals surface area contributed by atoms with Gasteiger partial charge in [0.15, 0.2) is 0 Å². The van der Waals surface area contributed by atoms with E-state index in [1.54, 1.807) is 19.4 Å². The van der Waals surface area contributed by atoms with Gasteiger partial charge in [0.05, 0.1) is 19.2 Å². The van der Waals surface area contributed by atoms with E-state index in [1.807, 2.05) is 12.1 Å². The fraction of sp³-hybridized carbons (Fsp3) is 0.500. The summed E-state index contributed by atoms with van der Waals surface area (Å²) in [4.78, 5) is 28.0. The minimum absolute atomic E-state index is 0.225. The van der Waals surface area contributed by atoms with Crippen molar-refractivity contribution >= 4 is 28.7 Å². The van der Waals surface area contributed by atoms with Crippen LogP contribution in [0.4, 0.5) is 11.8 Å². The fourth-order valence-electron chi connectivity index (χ4n) is 5.67. The van der Waals surface area contributed by atoms with Crippen molar-refractivity contribution in [3.8, 4) is 5.75 Å². The van der Waals surface area contributed by atoms with Crippen LogP contribution in [-0.4, -0.2) is 67.5 Å². The summed E-state index contributed by atoms with van der Waals surface area (Å²) in [6, 6.07) is 7.64. The summed E-state index contributed by atoms with van der Waals surface area (Å²) in [5, 5.41) is 2.94. The van der Waals surface area contributed by atoms with Crippen molar-refractivity contribution in [3.63, 3.8) is 0 Å². The second kappa shape index (κ2) is 9.13. The third-order valence-corrected chi connectivity index (χ3v) is 7.71. The minimum atomic E-state index is -0.225. The summed E-state index contributed by atoms with van der Waals surface area (Å²) in [7, 11) is 1.64. The lowest BCUT2D eigenvalue weighted by atomic mass is 9.87. The van der Waals surface area contributed by atoms with E-state index >= 15 is 0 Å². The average molecular weight is 478 g/mol. The molecule has 0 bridgehead atoms. The van der Waals surface area contributed by atoms with Gasteiger partial charge < -0.3 is 24.1 Å². The third-order valence-electron chi connectivity index (χ3n) is 7.71. The van der Waals surface area contributed by atoms with Crippen LogP contribution in [0.25, 0.3) is 11.0 Å². The molecule has 184 valence electrons. The number of nitrogens with one attached hydrogen (secondary N) is 2. The normalized spacial score (nSPS) is 22.8. The Labute approximate surface area is 204 Å². The molecule has 9 heteroatoms. The zero-order valence-corrected chi connectivity index (χ0v) is 20.0. The number of hydrogen-bond acceptors (Lipinski definition) is 7. The molecule has 1 unspecified atom stereocenters. The average Bonchev–Trinajstić information content (AvgIpc) is 3.65. The van der Waals surface area contributed by atoms with Crippen LogP contribution in [0.2, 0.25) is 0 Å². The van der Waals surface area contributed by atoms with Crippen LogP contribution in [0.5, 0.6) is 5.75 Å². The molecule has 3 aromatic rings. The van der Waals surface area contributed by atoms with Crippen LogP contribution in [0.15, 0.2) is 30.5 Å². The molecule has 1 aromatic carbocycles. The van der Waals surface area contributed by atoms with Gasteiger partial charge in [-0.3, -0.25) is 10.1 Å². The number of aromatic nitrogens is 3. The number of anilines is 2. The number of aromatic amines is 1. The Morgan fingerprint density at radius 3 is 2.89 bits per heavy atom. The molecule has 6 rings (SSSR count). The van der Waals surface area contributed by atoms with Crippen molar-refractivity contribution in [2.24, 2.45) is 5.41 Å². The molecule has 2 N–H and O–H groups in total. The largest absolute Gasteiger partial charge is 0.494 e. The quantitative estimate of drug-likeness (QED) is 0.577. The molecule has 1 amide bonds. The van der Waals surface area contributed by atoms with Crippen molar-refractivity contribution in [3.05, 3.63) is 41.6 Å². The maximum Gasteiger partial charge on any atom is 0.258 e. The number of carbonyl (C=O) groups is 1. The van der Waals surface area contributed by atoms with Gasteiger partial charge in [0.1, 0.15) is 17.1 Å². The number of rotatable bonds is 5. The highest BCUT2D eigenvalue weighted by atomic mass is 16.5. The maximum atomic E-state index is 13.2. The van der Waals surface area contributed by atoms with Gasteiger partial charge in [-0.05, 0) is 55.4 Å².